The maximum atomic E-state index is 12.4. The Labute approximate surface area is 155 Å². The summed E-state index contributed by atoms with van der Waals surface area (Å²) in [5, 5.41) is 0. The number of alkyl halides is 3. The summed E-state index contributed by atoms with van der Waals surface area (Å²) in [6, 6.07) is 6.79. The predicted molar refractivity (Wildman–Crippen MR) is 98.2 cm³/mol. The van der Waals surface area contributed by atoms with Gasteiger partial charge in [0, 0.05) is 0 Å². The van der Waals surface area contributed by atoms with Gasteiger partial charge in [-0.1, -0.05) is 64.0 Å². The lowest BCUT2D eigenvalue weighted by Crippen LogP contribution is -2.39. The topological polar surface area (TPSA) is 9.23 Å². The first-order chi connectivity index (χ1) is 12.4. The van der Waals surface area contributed by atoms with Crippen molar-refractivity contribution >= 4 is 0 Å². The van der Waals surface area contributed by atoms with Gasteiger partial charge in [-0.05, 0) is 60.6 Å². The minimum absolute atomic E-state index is 0.112. The number of benzene rings is 1. The van der Waals surface area contributed by atoms with Crippen LogP contribution in [-0.4, -0.2) is 6.36 Å². The number of hydrogen-bond donors (Lipinski definition) is 0. The Kier molecular flexibility index (Phi) is 6.19. The van der Waals surface area contributed by atoms with Gasteiger partial charge < -0.3 is 4.74 Å². The molecule has 3 rings (SSSR count). The van der Waals surface area contributed by atoms with Gasteiger partial charge in [-0.2, -0.15) is 0 Å². The Morgan fingerprint density at radius 1 is 0.962 bits per heavy atom. The van der Waals surface area contributed by atoms with E-state index in [-0.39, 0.29) is 11.2 Å². The van der Waals surface area contributed by atoms with E-state index in [0.717, 1.165) is 5.92 Å². The van der Waals surface area contributed by atoms with Crippen molar-refractivity contribution < 1.29 is 17.9 Å². The van der Waals surface area contributed by atoms with E-state index in [9.17, 15) is 13.2 Å². The molecule has 4 heteroatoms. The smallest absolute Gasteiger partial charge is 0.406 e. The van der Waals surface area contributed by atoms with Gasteiger partial charge in [0.2, 0.25) is 0 Å². The molecular formula is C22H31F3O. The van der Waals surface area contributed by atoms with Crippen LogP contribution in [0.5, 0.6) is 5.75 Å². The molecule has 1 aromatic carbocycles. The van der Waals surface area contributed by atoms with Gasteiger partial charge in [0.1, 0.15) is 5.75 Å². The quantitative estimate of drug-likeness (QED) is 0.526. The highest BCUT2D eigenvalue weighted by Crippen LogP contribution is 2.51. The van der Waals surface area contributed by atoms with Crippen molar-refractivity contribution in [2.45, 2.75) is 89.3 Å². The highest BCUT2D eigenvalue weighted by atomic mass is 19.4. The second-order valence-electron chi connectivity index (χ2n) is 8.30. The van der Waals surface area contributed by atoms with E-state index < -0.39 is 6.36 Å². The minimum atomic E-state index is -4.62. The molecule has 2 fully saturated rings. The summed E-state index contributed by atoms with van der Waals surface area (Å²) in [7, 11) is 0. The van der Waals surface area contributed by atoms with E-state index in [0.29, 0.717) is 5.92 Å². The van der Waals surface area contributed by atoms with Crippen LogP contribution in [0, 0.1) is 11.8 Å². The molecule has 1 nitrogen and oxygen atoms in total. The monoisotopic (exact) mass is 368 g/mol. The second kappa shape index (κ2) is 8.22. The van der Waals surface area contributed by atoms with Crippen molar-refractivity contribution in [2.24, 2.45) is 11.8 Å². The molecule has 0 aliphatic heterocycles. The van der Waals surface area contributed by atoms with Crippen LogP contribution in [0.15, 0.2) is 24.3 Å². The van der Waals surface area contributed by atoms with Crippen LogP contribution in [0.25, 0.3) is 0 Å². The summed E-state index contributed by atoms with van der Waals surface area (Å²) in [6.45, 7) is 2.26. The Hall–Kier alpha value is -1.19. The van der Waals surface area contributed by atoms with Crippen molar-refractivity contribution in [3.63, 3.8) is 0 Å². The summed E-state index contributed by atoms with van der Waals surface area (Å²) in [6.07, 6.45) is 9.24. The molecule has 0 radical (unpaired) electrons. The maximum absolute atomic E-state index is 12.4. The molecule has 146 valence electrons. The average Bonchev–Trinajstić information content (AvgIpc) is 2.62. The SMILES string of the molecule is CCCC1CCC(C2(c3ccc(OC(F)(F)F)cc3)CCCCC2)CC1. The van der Waals surface area contributed by atoms with Crippen molar-refractivity contribution in [1.29, 1.82) is 0 Å². The van der Waals surface area contributed by atoms with E-state index in [4.69, 9.17) is 0 Å². The lowest BCUT2D eigenvalue weighted by atomic mass is 9.57. The molecular weight excluding hydrogens is 337 g/mol. The summed E-state index contributed by atoms with van der Waals surface area (Å²) in [5.41, 5.74) is 1.39. The van der Waals surface area contributed by atoms with Gasteiger partial charge >= 0.3 is 6.36 Å². The van der Waals surface area contributed by atoms with Crippen LogP contribution < -0.4 is 4.74 Å². The van der Waals surface area contributed by atoms with Crippen LogP contribution in [0.4, 0.5) is 13.2 Å². The van der Waals surface area contributed by atoms with Crippen molar-refractivity contribution in [3.8, 4) is 5.75 Å². The highest BCUT2D eigenvalue weighted by molar-refractivity contribution is 5.34. The molecule has 2 aliphatic rings. The highest BCUT2D eigenvalue weighted by Gasteiger charge is 2.42. The van der Waals surface area contributed by atoms with Crippen molar-refractivity contribution in [3.05, 3.63) is 29.8 Å². The van der Waals surface area contributed by atoms with Gasteiger partial charge in [0.15, 0.2) is 0 Å². The molecule has 0 unspecified atom stereocenters. The zero-order valence-corrected chi connectivity index (χ0v) is 15.8. The molecule has 0 saturated heterocycles. The molecule has 1 aromatic rings. The first kappa shape index (κ1) is 19.6. The number of rotatable bonds is 5. The first-order valence-corrected chi connectivity index (χ1v) is 10.3. The third kappa shape index (κ3) is 4.55. The van der Waals surface area contributed by atoms with E-state index in [1.165, 1.54) is 88.3 Å². The molecule has 0 N–H and O–H groups in total. The van der Waals surface area contributed by atoms with E-state index >= 15 is 0 Å². The standard InChI is InChI=1S/C22H31F3O/c1-2-6-17-7-9-18(10-8-17)21(15-4-3-5-16-21)19-11-13-20(14-12-19)26-22(23,24)25/h11-14,17-18H,2-10,15-16H2,1H3. The normalized spacial score (nSPS) is 26.5. The fraction of sp³-hybridized carbons (Fsp3) is 0.727. The predicted octanol–water partition coefficient (Wildman–Crippen LogP) is 7.39. The van der Waals surface area contributed by atoms with E-state index in [1.54, 1.807) is 0 Å². The Bertz CT molecular complexity index is 550. The number of hydrogen-bond acceptors (Lipinski definition) is 1. The molecule has 0 spiro atoms. The van der Waals surface area contributed by atoms with Crippen molar-refractivity contribution in [2.75, 3.05) is 0 Å². The largest absolute Gasteiger partial charge is 0.573 e. The van der Waals surface area contributed by atoms with Crippen LogP contribution in [0.2, 0.25) is 0 Å². The van der Waals surface area contributed by atoms with Gasteiger partial charge in [-0.25, -0.2) is 0 Å². The fourth-order valence-electron chi connectivity index (χ4n) is 5.52. The molecule has 2 aliphatic carbocycles. The summed E-state index contributed by atoms with van der Waals surface area (Å²) >= 11 is 0. The van der Waals surface area contributed by atoms with Gasteiger partial charge in [0.05, 0.1) is 0 Å². The molecule has 2 saturated carbocycles. The third-order valence-electron chi connectivity index (χ3n) is 6.73. The van der Waals surface area contributed by atoms with Crippen molar-refractivity contribution in [1.82, 2.24) is 0 Å². The average molecular weight is 368 g/mol. The molecule has 0 aromatic heterocycles. The molecule has 0 heterocycles. The van der Waals surface area contributed by atoms with Crippen LogP contribution in [-0.2, 0) is 5.41 Å². The van der Waals surface area contributed by atoms with Crippen LogP contribution in [0.3, 0.4) is 0 Å². The molecule has 0 bridgehead atoms. The number of halogens is 3. The molecule has 26 heavy (non-hydrogen) atoms. The summed E-state index contributed by atoms with van der Waals surface area (Å²) in [4.78, 5) is 0. The van der Waals surface area contributed by atoms with E-state index in [1.807, 2.05) is 12.1 Å². The van der Waals surface area contributed by atoms with Gasteiger partial charge in [-0.3, -0.25) is 0 Å². The molecule has 0 atom stereocenters. The zero-order valence-electron chi connectivity index (χ0n) is 15.8. The van der Waals surface area contributed by atoms with Gasteiger partial charge in [0.25, 0.3) is 0 Å². The minimum Gasteiger partial charge on any atom is -0.406 e. The fourth-order valence-corrected chi connectivity index (χ4v) is 5.52. The van der Waals surface area contributed by atoms with E-state index in [2.05, 4.69) is 11.7 Å². The zero-order chi connectivity index (χ0) is 18.6. The first-order valence-electron chi connectivity index (χ1n) is 10.3. The third-order valence-corrected chi connectivity index (χ3v) is 6.73. The maximum Gasteiger partial charge on any atom is 0.573 e. The Morgan fingerprint density at radius 3 is 2.12 bits per heavy atom. The summed E-state index contributed by atoms with van der Waals surface area (Å²) < 4.78 is 41.4. The lowest BCUT2D eigenvalue weighted by Gasteiger charge is -2.47. The summed E-state index contributed by atoms with van der Waals surface area (Å²) in [5.74, 6) is 1.43. The van der Waals surface area contributed by atoms with Gasteiger partial charge in [-0.15, -0.1) is 13.2 Å². The van der Waals surface area contributed by atoms with Crippen LogP contribution >= 0.6 is 0 Å². The lowest BCUT2D eigenvalue weighted by molar-refractivity contribution is -0.274. The Morgan fingerprint density at radius 2 is 1.58 bits per heavy atom. The molecule has 0 amide bonds. The number of ether oxygens (including phenoxy) is 1. The Balaban J connectivity index is 1.77. The van der Waals surface area contributed by atoms with Crippen LogP contribution in [0.1, 0.15) is 83.1 Å². The second-order valence-corrected chi connectivity index (χ2v) is 8.30.